The fraction of sp³-hybridized carbons (Fsp3) is 0.444. The minimum atomic E-state index is -0.484. The number of anilines is 1. The molecule has 0 saturated heterocycles. The van der Waals surface area contributed by atoms with Crippen molar-refractivity contribution >= 4 is 23.7 Å². The second kappa shape index (κ2) is 11.4. The van der Waals surface area contributed by atoms with E-state index in [1.807, 2.05) is 56.3 Å². The van der Waals surface area contributed by atoms with Crippen LogP contribution in [-0.2, 0) is 14.3 Å². The average molecular weight is 482 g/mol. The molecule has 2 amide bonds. The van der Waals surface area contributed by atoms with Crippen molar-refractivity contribution in [2.75, 3.05) is 32.1 Å². The Labute approximate surface area is 207 Å². The molecule has 1 heterocycles. The molecule has 1 N–H and O–H groups in total. The summed E-state index contributed by atoms with van der Waals surface area (Å²) < 4.78 is 10.6. The normalized spacial score (nSPS) is 17.2. The molecule has 2 atom stereocenters. The lowest BCUT2D eigenvalue weighted by Crippen LogP contribution is -2.45. The molecule has 0 radical (unpaired) electrons. The van der Waals surface area contributed by atoms with Gasteiger partial charge in [0, 0.05) is 25.2 Å². The van der Waals surface area contributed by atoms with Gasteiger partial charge in [-0.15, -0.1) is 0 Å². The Morgan fingerprint density at radius 3 is 2.34 bits per heavy atom. The Hall–Kier alpha value is -3.39. The van der Waals surface area contributed by atoms with E-state index in [0.717, 1.165) is 22.4 Å². The first-order valence-corrected chi connectivity index (χ1v) is 11.9. The molecule has 1 aliphatic heterocycles. The highest BCUT2D eigenvalue weighted by molar-refractivity contribution is 5.94. The van der Waals surface area contributed by atoms with Crippen LogP contribution in [0.15, 0.2) is 42.5 Å². The molecule has 0 saturated carbocycles. The molecule has 35 heavy (non-hydrogen) atoms. The quantitative estimate of drug-likeness (QED) is 0.590. The van der Waals surface area contributed by atoms with Gasteiger partial charge in [0.25, 0.3) is 0 Å². The zero-order chi connectivity index (χ0) is 25.7. The number of hydrogen-bond acceptors (Lipinski definition) is 6. The van der Waals surface area contributed by atoms with E-state index in [4.69, 9.17) is 9.47 Å². The number of carbonyl (C=O) groups is 3. The SMILES string of the molecule is CC(=O)N1c2ccc(-c3ccc(C(=O)OCCN(C)C)cc3)cc2C(NC(=O)OC(C)C)CC1C. The monoisotopic (exact) mass is 481 g/mol. The lowest BCUT2D eigenvalue weighted by atomic mass is 9.89. The van der Waals surface area contributed by atoms with Crippen LogP contribution >= 0.6 is 0 Å². The first-order valence-electron chi connectivity index (χ1n) is 11.9. The van der Waals surface area contributed by atoms with Gasteiger partial charge >= 0.3 is 12.1 Å². The van der Waals surface area contributed by atoms with Gasteiger partial charge in [0.05, 0.1) is 17.7 Å². The average Bonchev–Trinajstić information content (AvgIpc) is 2.77. The van der Waals surface area contributed by atoms with Crippen LogP contribution in [0.5, 0.6) is 0 Å². The summed E-state index contributed by atoms with van der Waals surface area (Å²) in [7, 11) is 3.84. The van der Waals surface area contributed by atoms with Crippen molar-refractivity contribution in [2.45, 2.75) is 52.3 Å². The van der Waals surface area contributed by atoms with Gasteiger partial charge in [0.2, 0.25) is 5.91 Å². The number of benzene rings is 2. The molecule has 2 aromatic rings. The van der Waals surface area contributed by atoms with Gasteiger partial charge < -0.3 is 24.6 Å². The molecule has 8 heteroatoms. The number of hydrogen-bond donors (Lipinski definition) is 1. The maximum absolute atomic E-state index is 12.4. The fourth-order valence-corrected chi connectivity index (χ4v) is 4.25. The summed E-state index contributed by atoms with van der Waals surface area (Å²) in [4.78, 5) is 40.7. The molecule has 0 bridgehead atoms. The molecule has 0 aliphatic carbocycles. The number of carbonyl (C=O) groups excluding carboxylic acids is 3. The molecule has 0 spiro atoms. The van der Waals surface area contributed by atoms with Crippen LogP contribution in [0.2, 0.25) is 0 Å². The molecule has 1 aliphatic rings. The summed E-state index contributed by atoms with van der Waals surface area (Å²) in [5, 5.41) is 2.96. The molecule has 8 nitrogen and oxygen atoms in total. The highest BCUT2D eigenvalue weighted by atomic mass is 16.6. The van der Waals surface area contributed by atoms with Gasteiger partial charge in [0.15, 0.2) is 0 Å². The third-order valence-corrected chi connectivity index (χ3v) is 5.88. The first kappa shape index (κ1) is 26.2. The van der Waals surface area contributed by atoms with Crippen molar-refractivity contribution in [3.05, 3.63) is 53.6 Å². The van der Waals surface area contributed by atoms with Gasteiger partial charge in [-0.3, -0.25) is 4.79 Å². The second-order valence-electron chi connectivity index (χ2n) is 9.41. The summed E-state index contributed by atoms with van der Waals surface area (Å²) in [5.41, 5.74) is 3.94. The summed E-state index contributed by atoms with van der Waals surface area (Å²) in [5.74, 6) is -0.408. The van der Waals surface area contributed by atoms with E-state index in [0.29, 0.717) is 25.1 Å². The van der Waals surface area contributed by atoms with Crippen molar-refractivity contribution in [3.8, 4) is 11.1 Å². The number of rotatable bonds is 7. The molecule has 2 unspecified atom stereocenters. The van der Waals surface area contributed by atoms with Crippen LogP contribution in [0.1, 0.15) is 56.1 Å². The standard InChI is InChI=1S/C27H35N3O5/c1-17(2)35-27(33)28-24-15-18(3)30(19(4)31)25-12-11-22(16-23(24)25)20-7-9-21(10-8-20)26(32)34-14-13-29(5)6/h7-12,16-18,24H,13-15H2,1-6H3,(H,28,33). The molecular formula is C27H35N3O5. The van der Waals surface area contributed by atoms with Gasteiger partial charge in [-0.05, 0) is 82.2 Å². The predicted octanol–water partition coefficient (Wildman–Crippen LogP) is 4.39. The van der Waals surface area contributed by atoms with Crippen LogP contribution in [-0.4, -0.2) is 62.3 Å². The molecular weight excluding hydrogens is 446 g/mol. The maximum Gasteiger partial charge on any atom is 0.407 e. The summed E-state index contributed by atoms with van der Waals surface area (Å²) >= 11 is 0. The van der Waals surface area contributed by atoms with Crippen molar-refractivity contribution in [1.82, 2.24) is 10.2 Å². The summed E-state index contributed by atoms with van der Waals surface area (Å²) in [6, 6.07) is 12.7. The number of alkyl carbamates (subject to hydrolysis) is 1. The molecule has 188 valence electrons. The van der Waals surface area contributed by atoms with Crippen LogP contribution in [0.4, 0.5) is 10.5 Å². The number of amides is 2. The van der Waals surface area contributed by atoms with Gasteiger partial charge in [-0.25, -0.2) is 9.59 Å². The van der Waals surface area contributed by atoms with Crippen molar-refractivity contribution in [3.63, 3.8) is 0 Å². The van der Waals surface area contributed by atoms with Gasteiger partial charge in [0.1, 0.15) is 6.61 Å². The number of ether oxygens (including phenoxy) is 2. The van der Waals surface area contributed by atoms with Crippen LogP contribution in [0.3, 0.4) is 0 Å². The smallest absolute Gasteiger partial charge is 0.407 e. The van der Waals surface area contributed by atoms with E-state index in [9.17, 15) is 14.4 Å². The Balaban J connectivity index is 1.87. The highest BCUT2D eigenvalue weighted by Gasteiger charge is 2.33. The van der Waals surface area contributed by atoms with E-state index < -0.39 is 6.09 Å². The minimum absolute atomic E-state index is 0.0492. The van der Waals surface area contributed by atoms with E-state index in [-0.39, 0.29) is 30.1 Å². The Kier molecular flexibility index (Phi) is 8.51. The van der Waals surface area contributed by atoms with Crippen LogP contribution in [0.25, 0.3) is 11.1 Å². The third kappa shape index (κ3) is 6.60. The lowest BCUT2D eigenvalue weighted by molar-refractivity contribution is -0.117. The molecule has 0 fully saturated rings. The highest BCUT2D eigenvalue weighted by Crippen LogP contribution is 2.39. The Morgan fingerprint density at radius 1 is 1.09 bits per heavy atom. The molecule has 3 rings (SSSR count). The van der Waals surface area contributed by atoms with E-state index in [1.165, 1.54) is 0 Å². The van der Waals surface area contributed by atoms with Crippen LogP contribution < -0.4 is 10.2 Å². The van der Waals surface area contributed by atoms with E-state index in [1.54, 1.807) is 37.8 Å². The summed E-state index contributed by atoms with van der Waals surface area (Å²) in [6.07, 6.45) is -0.147. The first-order chi connectivity index (χ1) is 16.6. The Morgan fingerprint density at radius 2 is 1.74 bits per heavy atom. The maximum atomic E-state index is 12.4. The third-order valence-electron chi connectivity index (χ3n) is 5.88. The van der Waals surface area contributed by atoms with Crippen molar-refractivity contribution in [2.24, 2.45) is 0 Å². The lowest BCUT2D eigenvalue weighted by Gasteiger charge is -2.39. The van der Waals surface area contributed by atoms with Crippen molar-refractivity contribution < 1.29 is 23.9 Å². The van der Waals surface area contributed by atoms with Crippen LogP contribution in [0, 0.1) is 0 Å². The number of nitrogens with one attached hydrogen (secondary N) is 1. The molecule has 0 aromatic heterocycles. The largest absolute Gasteiger partial charge is 0.461 e. The topological polar surface area (TPSA) is 88.2 Å². The fourth-order valence-electron chi connectivity index (χ4n) is 4.25. The summed E-state index contributed by atoms with van der Waals surface area (Å²) in [6.45, 7) is 8.11. The van der Waals surface area contributed by atoms with Gasteiger partial charge in [-0.2, -0.15) is 0 Å². The Bertz CT molecular complexity index is 1060. The van der Waals surface area contributed by atoms with Gasteiger partial charge in [-0.1, -0.05) is 18.2 Å². The van der Waals surface area contributed by atoms with E-state index in [2.05, 4.69) is 5.32 Å². The molecule has 2 aromatic carbocycles. The minimum Gasteiger partial charge on any atom is -0.461 e. The number of nitrogens with zero attached hydrogens (tertiary/aromatic N) is 2. The second-order valence-corrected chi connectivity index (χ2v) is 9.41. The number of likely N-dealkylation sites (N-methyl/N-ethyl adjacent to an activating group) is 1. The number of fused-ring (bicyclic) bond motifs is 1. The zero-order valence-electron chi connectivity index (χ0n) is 21.3. The van der Waals surface area contributed by atoms with E-state index >= 15 is 0 Å². The number of esters is 1. The zero-order valence-corrected chi connectivity index (χ0v) is 21.3. The van der Waals surface area contributed by atoms with Crippen molar-refractivity contribution in [1.29, 1.82) is 0 Å². The predicted molar refractivity (Wildman–Crippen MR) is 135 cm³/mol.